The first kappa shape index (κ1) is 9.71. The largest absolute Gasteiger partial charge is 0.311 e. The van der Waals surface area contributed by atoms with E-state index in [1.54, 1.807) is 6.92 Å². The Kier molecular flexibility index (Phi) is 2.66. The first-order valence-corrected chi connectivity index (χ1v) is 4.21. The van der Waals surface area contributed by atoms with Crippen molar-refractivity contribution in [2.24, 2.45) is 0 Å². The molecule has 0 fully saturated rings. The number of rotatable bonds is 2. The minimum Gasteiger partial charge on any atom is -0.311 e. The monoisotopic (exact) mass is 178 g/mol. The number of hydrogen-bond donors (Lipinski definition) is 1. The number of H-pyrrole nitrogens is 1. The van der Waals surface area contributed by atoms with E-state index in [4.69, 9.17) is 0 Å². The van der Waals surface area contributed by atoms with Gasteiger partial charge in [-0.05, 0) is 20.8 Å². The summed E-state index contributed by atoms with van der Waals surface area (Å²) >= 11 is 0. The number of hydrogen-bond acceptors (Lipinski definition) is 2. The standard InChI is InChI=1S/C10H14N2O/c1-6(2)5-9-7(3)11-8(4)12-10(9)13/h1,5H2,2-4H3,(H,11,12,13). The summed E-state index contributed by atoms with van der Waals surface area (Å²) in [6.07, 6.45) is 0.606. The summed E-state index contributed by atoms with van der Waals surface area (Å²) in [6, 6.07) is 0. The quantitative estimate of drug-likeness (QED) is 0.698. The first-order chi connectivity index (χ1) is 6.00. The van der Waals surface area contributed by atoms with E-state index in [0.717, 1.165) is 16.8 Å². The van der Waals surface area contributed by atoms with Crippen LogP contribution in [0.1, 0.15) is 24.0 Å². The van der Waals surface area contributed by atoms with Crippen LogP contribution in [-0.4, -0.2) is 9.97 Å². The maximum Gasteiger partial charge on any atom is 0.254 e. The second kappa shape index (κ2) is 3.56. The molecule has 3 heteroatoms. The van der Waals surface area contributed by atoms with Gasteiger partial charge in [-0.1, -0.05) is 12.2 Å². The molecule has 0 atom stereocenters. The van der Waals surface area contributed by atoms with E-state index < -0.39 is 0 Å². The lowest BCUT2D eigenvalue weighted by atomic mass is 10.1. The van der Waals surface area contributed by atoms with E-state index in [1.165, 1.54) is 0 Å². The summed E-state index contributed by atoms with van der Waals surface area (Å²) in [7, 11) is 0. The summed E-state index contributed by atoms with van der Waals surface area (Å²) in [6.45, 7) is 9.30. The Labute approximate surface area is 77.5 Å². The van der Waals surface area contributed by atoms with Gasteiger partial charge in [-0.2, -0.15) is 0 Å². The van der Waals surface area contributed by atoms with E-state index in [-0.39, 0.29) is 5.56 Å². The number of allylic oxidation sites excluding steroid dienone is 1. The molecule has 3 nitrogen and oxygen atoms in total. The van der Waals surface area contributed by atoms with E-state index in [9.17, 15) is 4.79 Å². The second-order valence-corrected chi connectivity index (χ2v) is 3.35. The van der Waals surface area contributed by atoms with Gasteiger partial charge in [-0.15, -0.1) is 0 Å². The lowest BCUT2D eigenvalue weighted by Crippen LogP contribution is -2.17. The second-order valence-electron chi connectivity index (χ2n) is 3.35. The lowest BCUT2D eigenvalue weighted by molar-refractivity contribution is 0.923. The number of aromatic nitrogens is 2. The average molecular weight is 178 g/mol. The number of nitrogens with zero attached hydrogens (tertiary/aromatic N) is 1. The van der Waals surface area contributed by atoms with Gasteiger partial charge >= 0.3 is 0 Å². The molecule has 0 aromatic carbocycles. The molecule has 1 N–H and O–H groups in total. The van der Waals surface area contributed by atoms with Crippen molar-refractivity contribution in [3.8, 4) is 0 Å². The van der Waals surface area contributed by atoms with Crippen LogP contribution in [0.25, 0.3) is 0 Å². The summed E-state index contributed by atoms with van der Waals surface area (Å²) < 4.78 is 0. The van der Waals surface area contributed by atoms with Gasteiger partial charge in [-0.25, -0.2) is 4.98 Å². The van der Waals surface area contributed by atoms with Crippen LogP contribution < -0.4 is 5.56 Å². The Morgan fingerprint density at radius 1 is 1.54 bits per heavy atom. The molecule has 0 aliphatic heterocycles. The molecule has 0 aliphatic rings. The molecule has 0 unspecified atom stereocenters. The minimum atomic E-state index is -0.0481. The van der Waals surface area contributed by atoms with Crippen molar-refractivity contribution < 1.29 is 0 Å². The molecule has 0 bridgehead atoms. The number of aryl methyl sites for hydroxylation is 2. The van der Waals surface area contributed by atoms with Gasteiger partial charge < -0.3 is 4.98 Å². The zero-order valence-electron chi connectivity index (χ0n) is 8.27. The fourth-order valence-electron chi connectivity index (χ4n) is 1.26. The molecule has 0 aliphatic carbocycles. The predicted octanol–water partition coefficient (Wildman–Crippen LogP) is 1.51. The van der Waals surface area contributed by atoms with Crippen molar-refractivity contribution in [3.05, 3.63) is 39.6 Å². The molecule has 0 saturated carbocycles. The Balaban J connectivity index is 3.21. The SMILES string of the molecule is C=C(C)Cc1c(C)nc(C)[nH]c1=O. The van der Waals surface area contributed by atoms with E-state index in [2.05, 4.69) is 16.5 Å². The third-order valence-electron chi connectivity index (χ3n) is 1.82. The fourth-order valence-corrected chi connectivity index (χ4v) is 1.26. The van der Waals surface area contributed by atoms with Gasteiger partial charge in [0.1, 0.15) is 5.82 Å². The molecule has 13 heavy (non-hydrogen) atoms. The van der Waals surface area contributed by atoms with Crippen molar-refractivity contribution in [2.45, 2.75) is 27.2 Å². The van der Waals surface area contributed by atoms with Gasteiger partial charge in [0, 0.05) is 17.7 Å². The van der Waals surface area contributed by atoms with Crippen LogP contribution >= 0.6 is 0 Å². The van der Waals surface area contributed by atoms with Crippen molar-refractivity contribution >= 4 is 0 Å². The molecule has 0 amide bonds. The topological polar surface area (TPSA) is 45.8 Å². The van der Waals surface area contributed by atoms with Gasteiger partial charge in [0.25, 0.3) is 5.56 Å². The van der Waals surface area contributed by atoms with Gasteiger partial charge in [-0.3, -0.25) is 4.79 Å². The maximum atomic E-state index is 11.5. The minimum absolute atomic E-state index is 0.0481. The predicted molar refractivity (Wildman–Crippen MR) is 52.8 cm³/mol. The van der Waals surface area contributed by atoms with Gasteiger partial charge in [0.15, 0.2) is 0 Å². The molecule has 1 rings (SSSR count). The van der Waals surface area contributed by atoms with Crippen molar-refractivity contribution in [1.29, 1.82) is 0 Å². The van der Waals surface area contributed by atoms with Gasteiger partial charge in [0.2, 0.25) is 0 Å². The van der Waals surface area contributed by atoms with Crippen molar-refractivity contribution in [3.63, 3.8) is 0 Å². The molecular formula is C10H14N2O. The van der Waals surface area contributed by atoms with Crippen LogP contribution in [0.4, 0.5) is 0 Å². The average Bonchev–Trinajstić information content (AvgIpc) is 1.96. The maximum absolute atomic E-state index is 11.5. The van der Waals surface area contributed by atoms with Crippen LogP contribution in [0.2, 0.25) is 0 Å². The van der Waals surface area contributed by atoms with Gasteiger partial charge in [0.05, 0.1) is 0 Å². The Morgan fingerprint density at radius 3 is 2.62 bits per heavy atom. The first-order valence-electron chi connectivity index (χ1n) is 4.21. The zero-order valence-corrected chi connectivity index (χ0v) is 8.27. The van der Waals surface area contributed by atoms with Crippen LogP contribution in [-0.2, 0) is 6.42 Å². The molecule has 0 saturated heterocycles. The highest BCUT2D eigenvalue weighted by molar-refractivity contribution is 5.21. The highest BCUT2D eigenvalue weighted by Gasteiger charge is 2.05. The summed E-state index contributed by atoms with van der Waals surface area (Å²) in [5, 5.41) is 0. The third-order valence-corrected chi connectivity index (χ3v) is 1.82. The Bertz CT molecular complexity index is 390. The Morgan fingerprint density at radius 2 is 2.15 bits per heavy atom. The third kappa shape index (κ3) is 2.28. The number of nitrogens with one attached hydrogen (secondary N) is 1. The molecule has 1 aromatic rings. The van der Waals surface area contributed by atoms with E-state index in [0.29, 0.717) is 12.2 Å². The van der Waals surface area contributed by atoms with E-state index >= 15 is 0 Å². The smallest absolute Gasteiger partial charge is 0.254 e. The Hall–Kier alpha value is -1.38. The molecule has 1 aromatic heterocycles. The molecule has 70 valence electrons. The summed E-state index contributed by atoms with van der Waals surface area (Å²) in [5.41, 5.74) is 2.44. The van der Waals surface area contributed by atoms with Crippen LogP contribution in [0.3, 0.4) is 0 Å². The zero-order chi connectivity index (χ0) is 10.0. The van der Waals surface area contributed by atoms with Crippen LogP contribution in [0.5, 0.6) is 0 Å². The van der Waals surface area contributed by atoms with E-state index in [1.807, 2.05) is 13.8 Å². The highest BCUT2D eigenvalue weighted by Crippen LogP contribution is 2.04. The molecule has 0 radical (unpaired) electrons. The summed E-state index contributed by atoms with van der Waals surface area (Å²) in [5.74, 6) is 0.660. The lowest BCUT2D eigenvalue weighted by Gasteiger charge is -2.03. The molecule has 0 spiro atoms. The van der Waals surface area contributed by atoms with Crippen molar-refractivity contribution in [1.82, 2.24) is 9.97 Å². The molecule has 1 heterocycles. The highest BCUT2D eigenvalue weighted by atomic mass is 16.1. The van der Waals surface area contributed by atoms with Crippen molar-refractivity contribution in [2.75, 3.05) is 0 Å². The van der Waals surface area contributed by atoms with Crippen LogP contribution in [0.15, 0.2) is 16.9 Å². The number of aromatic amines is 1. The fraction of sp³-hybridized carbons (Fsp3) is 0.400. The molecular weight excluding hydrogens is 164 g/mol. The van der Waals surface area contributed by atoms with Crippen LogP contribution in [0, 0.1) is 13.8 Å². The summed E-state index contributed by atoms with van der Waals surface area (Å²) in [4.78, 5) is 18.3. The normalized spacial score (nSPS) is 10.1.